The molecule has 0 bridgehead atoms. The molecule has 44 heavy (non-hydrogen) atoms. The van der Waals surface area contributed by atoms with Crippen LogP contribution in [0, 0.1) is 11.3 Å². The van der Waals surface area contributed by atoms with Crippen molar-refractivity contribution in [2.75, 3.05) is 31.3 Å². The molecule has 0 radical (unpaired) electrons. The molecule has 0 aromatic heterocycles. The van der Waals surface area contributed by atoms with Crippen molar-refractivity contribution >= 4 is 29.4 Å². The lowest BCUT2D eigenvalue weighted by atomic mass is 10.1. The van der Waals surface area contributed by atoms with E-state index in [1.54, 1.807) is 0 Å². The van der Waals surface area contributed by atoms with E-state index in [4.69, 9.17) is 35.7 Å². The van der Waals surface area contributed by atoms with Crippen LogP contribution in [-0.4, -0.2) is 31.8 Å². The Balaban J connectivity index is 1.36. The molecule has 0 heterocycles. The maximum atomic E-state index is 14.7. The normalized spacial score (nSPS) is 11.1. The highest BCUT2D eigenvalue weighted by atomic mass is 19.3. The van der Waals surface area contributed by atoms with Gasteiger partial charge in [-0.25, -0.2) is 9.59 Å². The molecule has 4 N–H and O–H groups in total. The van der Waals surface area contributed by atoms with Crippen LogP contribution < -0.4 is 20.9 Å². The zero-order valence-corrected chi connectivity index (χ0v) is 24.2. The number of esters is 2. The molecule has 0 aliphatic carbocycles. The molecular weight excluding hydrogens is 572 g/mol. The number of nitriles is 1. The predicted octanol–water partition coefficient (Wildman–Crippen LogP) is 6.64. The standard InChI is InChI=1S/C33H35F2N3O6/c34-33(35,26-10-14-29(15-11-26)41-18-5-3-1-2-4-17-36)44-30-12-7-24(8-13-30)9-16-31(39)42-19-6-20-43-32(40)25-21-27(37)23-28(38)22-25/h7-16,21-23H,1-6,18-20,37-38H2/b16-9+. The molecule has 0 aliphatic heterocycles. The lowest BCUT2D eigenvalue weighted by Gasteiger charge is -2.18. The summed E-state index contributed by atoms with van der Waals surface area (Å²) in [6.07, 6.45) is 3.50. The number of nitrogen functional groups attached to an aromatic ring is 2. The van der Waals surface area contributed by atoms with Crippen LogP contribution in [0.15, 0.2) is 72.8 Å². The van der Waals surface area contributed by atoms with Crippen molar-refractivity contribution < 1.29 is 37.3 Å². The third kappa shape index (κ3) is 11.6. The van der Waals surface area contributed by atoms with Crippen molar-refractivity contribution in [1.82, 2.24) is 0 Å². The first-order valence-corrected chi connectivity index (χ1v) is 14.1. The Morgan fingerprint density at radius 3 is 2.11 bits per heavy atom. The van der Waals surface area contributed by atoms with Crippen molar-refractivity contribution in [3.05, 3.63) is 89.5 Å². The number of hydrogen-bond donors (Lipinski definition) is 2. The van der Waals surface area contributed by atoms with Crippen LogP contribution in [0.25, 0.3) is 6.08 Å². The molecule has 3 aromatic rings. The molecule has 3 aromatic carbocycles. The molecule has 9 nitrogen and oxygen atoms in total. The van der Waals surface area contributed by atoms with Gasteiger partial charge in [-0.15, -0.1) is 0 Å². The fourth-order valence-electron chi connectivity index (χ4n) is 3.94. The van der Waals surface area contributed by atoms with Gasteiger partial charge >= 0.3 is 18.0 Å². The Morgan fingerprint density at radius 2 is 1.43 bits per heavy atom. The fraction of sp³-hybridized carbons (Fsp3) is 0.303. The summed E-state index contributed by atoms with van der Waals surface area (Å²) in [6.45, 7) is 0.520. The summed E-state index contributed by atoms with van der Waals surface area (Å²) in [6, 6.07) is 17.8. The van der Waals surface area contributed by atoms with Crippen LogP contribution in [0.1, 0.15) is 60.0 Å². The fourth-order valence-corrected chi connectivity index (χ4v) is 3.94. The zero-order valence-electron chi connectivity index (χ0n) is 24.2. The number of hydrogen-bond acceptors (Lipinski definition) is 9. The Kier molecular flexibility index (Phi) is 13.0. The molecule has 0 amide bonds. The largest absolute Gasteiger partial charge is 0.494 e. The maximum absolute atomic E-state index is 14.7. The van der Waals surface area contributed by atoms with Gasteiger partial charge in [0, 0.05) is 30.3 Å². The molecule has 0 unspecified atom stereocenters. The second-order valence-electron chi connectivity index (χ2n) is 9.76. The van der Waals surface area contributed by atoms with Gasteiger partial charge in [-0.05, 0) is 79.1 Å². The molecule has 0 fully saturated rings. The lowest BCUT2D eigenvalue weighted by molar-refractivity contribution is -0.185. The summed E-state index contributed by atoms with van der Waals surface area (Å²) < 4.78 is 50.2. The number of anilines is 2. The summed E-state index contributed by atoms with van der Waals surface area (Å²) in [5, 5.41) is 8.53. The van der Waals surface area contributed by atoms with Gasteiger partial charge in [-0.3, -0.25) is 0 Å². The summed E-state index contributed by atoms with van der Waals surface area (Å²) in [5.74, 6) is -0.772. The topological polar surface area (TPSA) is 147 Å². The predicted molar refractivity (Wildman–Crippen MR) is 162 cm³/mol. The molecule has 0 aliphatic rings. The number of nitrogens with two attached hydrogens (primary N) is 2. The van der Waals surface area contributed by atoms with Crippen molar-refractivity contribution in [2.24, 2.45) is 0 Å². The average molecular weight is 608 g/mol. The minimum absolute atomic E-state index is 0.0225. The SMILES string of the molecule is N#CCCCCCCOc1ccc(C(F)(F)Oc2ccc(/C=C/C(=O)OCCCOC(=O)c3cc(N)cc(N)c3)cc2)cc1. The number of unbranched alkanes of at least 4 members (excludes halogenated alkanes) is 4. The first kappa shape index (κ1) is 33.4. The number of carbonyl (C=O) groups excluding carboxylic acids is 2. The summed E-state index contributed by atoms with van der Waals surface area (Å²) in [5.41, 5.74) is 12.5. The van der Waals surface area contributed by atoms with Crippen LogP contribution in [0.4, 0.5) is 20.2 Å². The molecule has 3 rings (SSSR count). The van der Waals surface area contributed by atoms with Crippen LogP contribution >= 0.6 is 0 Å². The van der Waals surface area contributed by atoms with Crippen LogP contribution in [0.3, 0.4) is 0 Å². The van der Waals surface area contributed by atoms with E-state index in [9.17, 15) is 18.4 Å². The average Bonchev–Trinajstić information content (AvgIpc) is 2.99. The van der Waals surface area contributed by atoms with Gasteiger partial charge < -0.3 is 30.4 Å². The highest BCUT2D eigenvalue weighted by Crippen LogP contribution is 2.32. The number of halogens is 2. The Hall–Kier alpha value is -5.11. The summed E-state index contributed by atoms with van der Waals surface area (Å²) in [7, 11) is 0. The van der Waals surface area contributed by atoms with Gasteiger partial charge in [-0.2, -0.15) is 14.0 Å². The van der Waals surface area contributed by atoms with Gasteiger partial charge in [0.05, 0.1) is 37.0 Å². The molecule has 232 valence electrons. The minimum atomic E-state index is -3.57. The van der Waals surface area contributed by atoms with Gasteiger partial charge in [-0.1, -0.05) is 25.0 Å². The Bertz CT molecular complexity index is 1420. The molecule has 0 saturated heterocycles. The van der Waals surface area contributed by atoms with E-state index in [2.05, 4.69) is 6.07 Å². The van der Waals surface area contributed by atoms with Gasteiger partial charge in [0.15, 0.2) is 0 Å². The monoisotopic (exact) mass is 607 g/mol. The summed E-state index contributed by atoms with van der Waals surface area (Å²) in [4.78, 5) is 24.0. The van der Waals surface area contributed by atoms with Crippen LogP contribution in [0.2, 0.25) is 0 Å². The smallest absolute Gasteiger partial charge is 0.426 e. The number of nitrogens with zero attached hydrogens (tertiary/aromatic N) is 1. The van der Waals surface area contributed by atoms with E-state index < -0.39 is 18.0 Å². The molecule has 11 heteroatoms. The first-order chi connectivity index (χ1) is 21.2. The van der Waals surface area contributed by atoms with E-state index in [0.29, 0.717) is 35.7 Å². The van der Waals surface area contributed by atoms with Crippen LogP contribution in [-0.2, 0) is 20.4 Å². The lowest BCUT2D eigenvalue weighted by Crippen LogP contribution is -2.21. The number of rotatable bonds is 17. The zero-order chi connectivity index (χ0) is 31.8. The second-order valence-corrected chi connectivity index (χ2v) is 9.76. The number of alkyl halides is 2. The molecule has 0 atom stereocenters. The Morgan fingerprint density at radius 1 is 0.795 bits per heavy atom. The van der Waals surface area contributed by atoms with E-state index in [1.165, 1.54) is 78.9 Å². The number of benzene rings is 3. The quantitative estimate of drug-likeness (QED) is 0.0746. The maximum Gasteiger partial charge on any atom is 0.426 e. The minimum Gasteiger partial charge on any atom is -0.494 e. The van der Waals surface area contributed by atoms with Crippen molar-refractivity contribution in [1.29, 1.82) is 5.26 Å². The van der Waals surface area contributed by atoms with Gasteiger partial charge in [0.25, 0.3) is 0 Å². The highest BCUT2D eigenvalue weighted by molar-refractivity contribution is 5.91. The number of ether oxygens (including phenoxy) is 4. The van der Waals surface area contributed by atoms with E-state index in [-0.39, 0.29) is 36.5 Å². The van der Waals surface area contributed by atoms with Crippen LogP contribution in [0.5, 0.6) is 11.5 Å². The van der Waals surface area contributed by atoms with E-state index in [1.807, 2.05) is 0 Å². The third-order valence-corrected chi connectivity index (χ3v) is 6.16. The molecule has 0 saturated carbocycles. The Labute approximate surface area is 255 Å². The summed E-state index contributed by atoms with van der Waals surface area (Å²) >= 11 is 0. The highest BCUT2D eigenvalue weighted by Gasteiger charge is 2.34. The van der Waals surface area contributed by atoms with Crippen molar-refractivity contribution in [3.63, 3.8) is 0 Å². The van der Waals surface area contributed by atoms with E-state index in [0.717, 1.165) is 25.7 Å². The van der Waals surface area contributed by atoms with E-state index >= 15 is 0 Å². The third-order valence-electron chi connectivity index (χ3n) is 6.16. The molecular formula is C33H35F2N3O6. The first-order valence-electron chi connectivity index (χ1n) is 14.1. The number of carbonyl (C=O) groups is 2. The van der Waals surface area contributed by atoms with Gasteiger partial charge in [0.2, 0.25) is 0 Å². The van der Waals surface area contributed by atoms with Gasteiger partial charge in [0.1, 0.15) is 11.5 Å². The molecule has 0 spiro atoms. The second kappa shape index (κ2) is 17.1. The van der Waals surface area contributed by atoms with Crippen molar-refractivity contribution in [3.8, 4) is 17.6 Å². The van der Waals surface area contributed by atoms with Crippen molar-refractivity contribution in [2.45, 2.75) is 44.6 Å².